The minimum absolute atomic E-state index is 0.0601. The van der Waals surface area contributed by atoms with Crippen molar-refractivity contribution in [1.82, 2.24) is 0 Å². The van der Waals surface area contributed by atoms with Gasteiger partial charge in [-0.25, -0.2) is 0 Å². The predicted molar refractivity (Wildman–Crippen MR) is 86.7 cm³/mol. The lowest BCUT2D eigenvalue weighted by atomic mass is 10.1. The molecule has 0 spiro atoms. The standard InChI is InChI=1S/C17H14ClNO2/c1-2-10-3-6-16-12(7-10)15(20)9-17(21-16)11-4-5-13(18)14(19)8-11/h3-9H,2,19H2,1H3. The van der Waals surface area contributed by atoms with Gasteiger partial charge in [-0.15, -0.1) is 0 Å². The van der Waals surface area contributed by atoms with Gasteiger partial charge < -0.3 is 10.2 Å². The van der Waals surface area contributed by atoms with Crippen LogP contribution in [0.4, 0.5) is 5.69 Å². The summed E-state index contributed by atoms with van der Waals surface area (Å²) in [5, 5.41) is 1.08. The molecule has 0 aliphatic heterocycles. The first-order valence-electron chi connectivity index (χ1n) is 6.70. The van der Waals surface area contributed by atoms with Gasteiger partial charge in [0.1, 0.15) is 11.3 Å². The minimum atomic E-state index is -0.0601. The summed E-state index contributed by atoms with van der Waals surface area (Å²) in [6.07, 6.45) is 0.880. The number of benzene rings is 2. The van der Waals surface area contributed by atoms with Crippen molar-refractivity contribution >= 4 is 28.3 Å². The predicted octanol–water partition coefficient (Wildman–Crippen LogP) is 4.26. The quantitative estimate of drug-likeness (QED) is 0.719. The molecule has 0 amide bonds. The number of nitrogens with two attached hydrogens (primary N) is 1. The van der Waals surface area contributed by atoms with Crippen molar-refractivity contribution in [1.29, 1.82) is 0 Å². The molecule has 3 nitrogen and oxygen atoms in total. The van der Waals surface area contributed by atoms with Gasteiger partial charge in [-0.2, -0.15) is 0 Å². The molecular weight excluding hydrogens is 286 g/mol. The molecule has 0 fully saturated rings. The molecule has 0 aliphatic rings. The Bertz CT molecular complexity index is 884. The van der Waals surface area contributed by atoms with Crippen LogP contribution in [-0.4, -0.2) is 0 Å². The van der Waals surface area contributed by atoms with E-state index in [1.807, 2.05) is 25.1 Å². The zero-order valence-corrected chi connectivity index (χ0v) is 12.3. The topological polar surface area (TPSA) is 56.2 Å². The molecule has 4 heteroatoms. The van der Waals surface area contributed by atoms with Crippen LogP contribution in [0, 0.1) is 0 Å². The van der Waals surface area contributed by atoms with Crippen LogP contribution in [0.1, 0.15) is 12.5 Å². The molecule has 2 aromatic carbocycles. The van der Waals surface area contributed by atoms with E-state index in [1.54, 1.807) is 18.2 Å². The summed E-state index contributed by atoms with van der Waals surface area (Å²) >= 11 is 5.91. The van der Waals surface area contributed by atoms with Crippen LogP contribution < -0.4 is 11.2 Å². The maximum atomic E-state index is 12.3. The summed E-state index contributed by atoms with van der Waals surface area (Å²) in [5.74, 6) is 0.486. The Morgan fingerprint density at radius 3 is 2.67 bits per heavy atom. The summed E-state index contributed by atoms with van der Waals surface area (Å²) in [4.78, 5) is 12.3. The molecule has 21 heavy (non-hydrogen) atoms. The normalized spacial score (nSPS) is 11.0. The summed E-state index contributed by atoms with van der Waals surface area (Å²) in [7, 11) is 0. The lowest BCUT2D eigenvalue weighted by Crippen LogP contribution is -2.01. The molecule has 106 valence electrons. The second-order valence-corrected chi connectivity index (χ2v) is 5.30. The Labute approximate surface area is 127 Å². The summed E-state index contributed by atoms with van der Waals surface area (Å²) in [6.45, 7) is 2.05. The van der Waals surface area contributed by atoms with Crippen molar-refractivity contribution in [2.24, 2.45) is 0 Å². The SMILES string of the molecule is CCc1ccc2oc(-c3ccc(Cl)c(N)c3)cc(=O)c2c1. The van der Waals surface area contributed by atoms with Gasteiger partial charge in [-0.1, -0.05) is 24.6 Å². The molecule has 0 saturated carbocycles. The maximum Gasteiger partial charge on any atom is 0.193 e. The number of hydrogen-bond donors (Lipinski definition) is 1. The van der Waals surface area contributed by atoms with Gasteiger partial charge in [-0.05, 0) is 42.3 Å². The number of anilines is 1. The summed E-state index contributed by atoms with van der Waals surface area (Å²) in [5.41, 5.74) is 8.61. The maximum absolute atomic E-state index is 12.3. The van der Waals surface area contributed by atoms with Crippen LogP contribution in [0.2, 0.25) is 5.02 Å². The van der Waals surface area contributed by atoms with E-state index in [0.717, 1.165) is 17.5 Å². The number of nitrogen functional groups attached to an aromatic ring is 1. The van der Waals surface area contributed by atoms with E-state index in [1.165, 1.54) is 6.07 Å². The second kappa shape index (κ2) is 5.26. The summed E-state index contributed by atoms with van der Waals surface area (Å²) < 4.78 is 5.82. The van der Waals surface area contributed by atoms with Gasteiger partial charge in [0.15, 0.2) is 5.43 Å². The molecule has 0 aliphatic carbocycles. The van der Waals surface area contributed by atoms with Crippen LogP contribution in [0.25, 0.3) is 22.3 Å². The highest BCUT2D eigenvalue weighted by Crippen LogP contribution is 2.28. The highest BCUT2D eigenvalue weighted by atomic mass is 35.5. The van der Waals surface area contributed by atoms with E-state index >= 15 is 0 Å². The molecule has 1 heterocycles. The monoisotopic (exact) mass is 299 g/mol. The Morgan fingerprint density at radius 1 is 1.14 bits per heavy atom. The molecule has 1 aromatic heterocycles. The summed E-state index contributed by atoms with van der Waals surface area (Å²) in [6, 6.07) is 12.3. The van der Waals surface area contributed by atoms with Gasteiger partial charge in [0, 0.05) is 11.6 Å². The van der Waals surface area contributed by atoms with Gasteiger partial charge >= 0.3 is 0 Å². The van der Waals surface area contributed by atoms with Gasteiger partial charge in [0.05, 0.1) is 16.1 Å². The van der Waals surface area contributed by atoms with Crippen LogP contribution in [-0.2, 0) is 6.42 Å². The Kier molecular flexibility index (Phi) is 3.43. The lowest BCUT2D eigenvalue weighted by molar-refractivity contribution is 0.619. The highest BCUT2D eigenvalue weighted by molar-refractivity contribution is 6.33. The third-order valence-corrected chi connectivity index (χ3v) is 3.82. The third kappa shape index (κ3) is 2.52. The molecule has 0 atom stereocenters. The fraction of sp³-hybridized carbons (Fsp3) is 0.118. The molecule has 0 unspecified atom stereocenters. The van der Waals surface area contributed by atoms with E-state index in [4.69, 9.17) is 21.8 Å². The van der Waals surface area contributed by atoms with Gasteiger partial charge in [0.25, 0.3) is 0 Å². The van der Waals surface area contributed by atoms with Gasteiger partial charge in [-0.3, -0.25) is 4.79 Å². The lowest BCUT2D eigenvalue weighted by Gasteiger charge is -2.06. The van der Waals surface area contributed by atoms with Gasteiger partial charge in [0.2, 0.25) is 0 Å². The largest absolute Gasteiger partial charge is 0.456 e. The smallest absolute Gasteiger partial charge is 0.193 e. The number of fused-ring (bicyclic) bond motifs is 1. The van der Waals surface area contributed by atoms with E-state index in [2.05, 4.69) is 0 Å². The van der Waals surface area contributed by atoms with E-state index in [0.29, 0.717) is 27.4 Å². The molecule has 0 bridgehead atoms. The van der Waals surface area contributed by atoms with Crippen LogP contribution in [0.5, 0.6) is 0 Å². The molecule has 3 rings (SSSR count). The second-order valence-electron chi connectivity index (χ2n) is 4.90. The highest BCUT2D eigenvalue weighted by Gasteiger charge is 2.09. The zero-order chi connectivity index (χ0) is 15.0. The molecule has 0 saturated heterocycles. The fourth-order valence-corrected chi connectivity index (χ4v) is 2.38. The number of halogens is 1. The molecule has 3 aromatic rings. The van der Waals surface area contributed by atoms with Crippen LogP contribution in [0.15, 0.2) is 51.7 Å². The Balaban J connectivity index is 2.20. The molecule has 0 radical (unpaired) electrons. The van der Waals surface area contributed by atoms with Crippen molar-refractivity contribution in [3.8, 4) is 11.3 Å². The van der Waals surface area contributed by atoms with Crippen molar-refractivity contribution < 1.29 is 4.42 Å². The average molecular weight is 300 g/mol. The molecule has 2 N–H and O–H groups in total. The third-order valence-electron chi connectivity index (χ3n) is 3.48. The van der Waals surface area contributed by atoms with Crippen LogP contribution >= 0.6 is 11.6 Å². The number of hydrogen-bond acceptors (Lipinski definition) is 3. The van der Waals surface area contributed by atoms with E-state index in [-0.39, 0.29) is 5.43 Å². The van der Waals surface area contributed by atoms with E-state index in [9.17, 15) is 4.79 Å². The van der Waals surface area contributed by atoms with Crippen molar-refractivity contribution in [3.05, 3.63) is 63.3 Å². The zero-order valence-electron chi connectivity index (χ0n) is 11.5. The first-order chi connectivity index (χ1) is 10.1. The van der Waals surface area contributed by atoms with Crippen LogP contribution in [0.3, 0.4) is 0 Å². The first-order valence-corrected chi connectivity index (χ1v) is 7.08. The number of rotatable bonds is 2. The first kappa shape index (κ1) is 13.7. The van der Waals surface area contributed by atoms with E-state index < -0.39 is 0 Å². The molecular formula is C17H14ClNO2. The van der Waals surface area contributed by atoms with Crippen molar-refractivity contribution in [2.45, 2.75) is 13.3 Å². The Hall–Kier alpha value is -2.26. The minimum Gasteiger partial charge on any atom is -0.456 e. The van der Waals surface area contributed by atoms with Crippen molar-refractivity contribution in [3.63, 3.8) is 0 Å². The average Bonchev–Trinajstić information content (AvgIpc) is 2.49. The fourth-order valence-electron chi connectivity index (χ4n) is 2.26. The number of aryl methyl sites for hydroxylation is 1. The van der Waals surface area contributed by atoms with Crippen molar-refractivity contribution in [2.75, 3.05) is 5.73 Å². The Morgan fingerprint density at radius 2 is 1.95 bits per heavy atom.